The van der Waals surface area contributed by atoms with Gasteiger partial charge in [0.25, 0.3) is 0 Å². The van der Waals surface area contributed by atoms with E-state index < -0.39 is 11.4 Å². The van der Waals surface area contributed by atoms with Crippen LogP contribution in [0.1, 0.15) is 36.8 Å². The van der Waals surface area contributed by atoms with Gasteiger partial charge in [0.2, 0.25) is 5.91 Å². The van der Waals surface area contributed by atoms with Crippen LogP contribution in [-0.2, 0) is 21.4 Å². The van der Waals surface area contributed by atoms with Crippen LogP contribution in [0, 0.1) is 0 Å². The number of nitrogens with one attached hydrogen (secondary N) is 1. The van der Waals surface area contributed by atoms with Crippen molar-refractivity contribution in [3.05, 3.63) is 59.7 Å². The number of amides is 1. The second-order valence-electron chi connectivity index (χ2n) is 7.35. The smallest absolute Gasteiger partial charge is 0.341 e. The Kier molecular flexibility index (Phi) is 6.75. The van der Waals surface area contributed by atoms with Crippen LogP contribution in [0.3, 0.4) is 0 Å². The Bertz CT molecular complexity index is 841. The molecule has 0 bridgehead atoms. The van der Waals surface area contributed by atoms with Crippen LogP contribution in [-0.4, -0.2) is 37.2 Å². The van der Waals surface area contributed by atoms with Crippen molar-refractivity contribution in [3.8, 4) is 11.5 Å². The lowest BCUT2D eigenvalue weighted by Gasteiger charge is -2.28. The maximum Gasteiger partial charge on any atom is 0.341 e. The average Bonchev–Trinajstić information content (AvgIpc) is 3.24. The molecular formula is C23H27NO5. The summed E-state index contributed by atoms with van der Waals surface area (Å²) in [6.45, 7) is 0.182. The van der Waals surface area contributed by atoms with Gasteiger partial charge in [-0.2, -0.15) is 0 Å². The molecule has 6 heteroatoms. The Hall–Kier alpha value is -3.02. The van der Waals surface area contributed by atoms with E-state index in [0.29, 0.717) is 18.7 Å². The van der Waals surface area contributed by atoms with Crippen LogP contribution in [0.5, 0.6) is 11.5 Å². The highest BCUT2D eigenvalue weighted by molar-refractivity contribution is 5.88. The minimum atomic E-state index is -1.01. The SMILES string of the molecule is COc1cccc(C2(C(=O)NCCc3ccc(OCC(=O)O)cc3)CCCC2)c1. The molecule has 0 aromatic heterocycles. The van der Waals surface area contributed by atoms with Gasteiger partial charge in [-0.15, -0.1) is 0 Å². The number of benzene rings is 2. The van der Waals surface area contributed by atoms with Gasteiger partial charge >= 0.3 is 5.97 Å². The molecule has 3 rings (SSSR count). The Morgan fingerprint density at radius 1 is 1.07 bits per heavy atom. The molecule has 29 heavy (non-hydrogen) atoms. The fourth-order valence-corrected chi connectivity index (χ4v) is 3.93. The van der Waals surface area contributed by atoms with Crippen LogP contribution >= 0.6 is 0 Å². The first kappa shape index (κ1) is 20.7. The quantitative estimate of drug-likeness (QED) is 0.678. The van der Waals surface area contributed by atoms with E-state index >= 15 is 0 Å². The van der Waals surface area contributed by atoms with Gasteiger partial charge in [-0.05, 0) is 54.7 Å². The topological polar surface area (TPSA) is 84.9 Å². The molecule has 6 nitrogen and oxygen atoms in total. The summed E-state index contributed by atoms with van der Waals surface area (Å²) in [5, 5.41) is 11.8. The number of carbonyl (C=O) groups is 2. The number of carboxylic acid groups (broad SMARTS) is 1. The highest BCUT2D eigenvalue weighted by Gasteiger charge is 2.42. The number of hydrogen-bond donors (Lipinski definition) is 2. The number of rotatable bonds is 9. The molecule has 0 saturated heterocycles. The maximum atomic E-state index is 13.1. The number of hydrogen-bond acceptors (Lipinski definition) is 4. The fraction of sp³-hybridized carbons (Fsp3) is 0.391. The number of methoxy groups -OCH3 is 1. The Morgan fingerprint density at radius 2 is 1.79 bits per heavy atom. The van der Waals surface area contributed by atoms with Gasteiger partial charge in [0.1, 0.15) is 11.5 Å². The van der Waals surface area contributed by atoms with E-state index in [2.05, 4.69) is 5.32 Å². The van der Waals surface area contributed by atoms with E-state index in [9.17, 15) is 9.59 Å². The summed E-state index contributed by atoms with van der Waals surface area (Å²) in [6.07, 6.45) is 4.48. The van der Waals surface area contributed by atoms with Crippen molar-refractivity contribution in [2.75, 3.05) is 20.3 Å². The first-order valence-corrected chi connectivity index (χ1v) is 9.90. The number of carbonyl (C=O) groups excluding carboxylic acids is 1. The maximum absolute atomic E-state index is 13.1. The predicted octanol–water partition coefficient (Wildman–Crippen LogP) is 3.33. The standard InChI is InChI=1S/C23H27NO5/c1-28-20-6-4-5-18(15-20)23(12-2-3-13-23)22(27)24-14-11-17-7-9-19(10-8-17)29-16-21(25)26/h4-10,15H,2-3,11-14,16H2,1H3,(H,24,27)(H,25,26). The van der Waals surface area contributed by atoms with Gasteiger partial charge in [0.05, 0.1) is 12.5 Å². The molecule has 0 heterocycles. The molecule has 0 atom stereocenters. The van der Waals surface area contributed by atoms with E-state index in [1.165, 1.54) is 0 Å². The van der Waals surface area contributed by atoms with Crippen molar-refractivity contribution in [3.63, 3.8) is 0 Å². The first-order valence-electron chi connectivity index (χ1n) is 9.90. The molecule has 2 aromatic rings. The molecule has 0 aliphatic heterocycles. The van der Waals surface area contributed by atoms with Crippen molar-refractivity contribution < 1.29 is 24.2 Å². The average molecular weight is 397 g/mol. The molecule has 0 radical (unpaired) electrons. The Labute approximate surface area is 170 Å². The minimum Gasteiger partial charge on any atom is -0.497 e. The van der Waals surface area contributed by atoms with Crippen LogP contribution < -0.4 is 14.8 Å². The monoisotopic (exact) mass is 397 g/mol. The predicted molar refractivity (Wildman–Crippen MR) is 109 cm³/mol. The molecule has 1 amide bonds. The van der Waals surface area contributed by atoms with E-state index in [1.54, 1.807) is 19.2 Å². The molecule has 0 spiro atoms. The Morgan fingerprint density at radius 3 is 2.45 bits per heavy atom. The zero-order chi connectivity index (χ0) is 20.7. The van der Waals surface area contributed by atoms with Gasteiger partial charge in [-0.3, -0.25) is 4.79 Å². The normalized spacial score (nSPS) is 14.9. The largest absolute Gasteiger partial charge is 0.497 e. The number of aliphatic carboxylic acids is 1. The van der Waals surface area contributed by atoms with Crippen molar-refractivity contribution in [1.29, 1.82) is 0 Å². The zero-order valence-corrected chi connectivity index (χ0v) is 16.6. The first-order chi connectivity index (χ1) is 14.0. The third-order valence-electron chi connectivity index (χ3n) is 5.50. The number of ether oxygens (including phenoxy) is 2. The van der Waals surface area contributed by atoms with Crippen LogP contribution in [0.15, 0.2) is 48.5 Å². The second-order valence-corrected chi connectivity index (χ2v) is 7.35. The van der Waals surface area contributed by atoms with E-state index in [4.69, 9.17) is 14.6 Å². The molecule has 1 aliphatic rings. The third kappa shape index (κ3) is 5.08. The van der Waals surface area contributed by atoms with Crippen molar-refractivity contribution in [2.24, 2.45) is 0 Å². The van der Waals surface area contributed by atoms with Crippen LogP contribution in [0.4, 0.5) is 0 Å². The highest BCUT2D eigenvalue weighted by Crippen LogP contribution is 2.42. The van der Waals surface area contributed by atoms with Crippen molar-refractivity contribution in [2.45, 2.75) is 37.5 Å². The highest BCUT2D eigenvalue weighted by atomic mass is 16.5. The summed E-state index contributed by atoms with van der Waals surface area (Å²) in [5.41, 5.74) is 1.59. The van der Waals surface area contributed by atoms with Gasteiger partial charge in [-0.25, -0.2) is 4.79 Å². The molecule has 1 saturated carbocycles. The summed E-state index contributed by atoms with van der Waals surface area (Å²) in [6, 6.07) is 15.1. The summed E-state index contributed by atoms with van der Waals surface area (Å²) in [5.74, 6) is 0.355. The van der Waals surface area contributed by atoms with Crippen LogP contribution in [0.2, 0.25) is 0 Å². The lowest BCUT2D eigenvalue weighted by Crippen LogP contribution is -2.43. The van der Waals surface area contributed by atoms with Crippen molar-refractivity contribution >= 4 is 11.9 Å². The number of carboxylic acids is 1. The molecule has 154 valence electrons. The van der Waals surface area contributed by atoms with E-state index in [0.717, 1.165) is 42.6 Å². The summed E-state index contributed by atoms with van der Waals surface area (Å²) in [7, 11) is 1.64. The zero-order valence-electron chi connectivity index (χ0n) is 16.6. The Balaban J connectivity index is 1.59. The van der Waals surface area contributed by atoms with Gasteiger partial charge < -0.3 is 19.9 Å². The van der Waals surface area contributed by atoms with Crippen molar-refractivity contribution in [1.82, 2.24) is 5.32 Å². The second kappa shape index (κ2) is 9.45. The molecule has 2 N–H and O–H groups in total. The van der Waals surface area contributed by atoms with Gasteiger partial charge in [0, 0.05) is 6.54 Å². The summed E-state index contributed by atoms with van der Waals surface area (Å²) >= 11 is 0. The molecular weight excluding hydrogens is 370 g/mol. The molecule has 0 unspecified atom stereocenters. The molecule has 1 fully saturated rings. The molecule has 1 aliphatic carbocycles. The third-order valence-corrected chi connectivity index (χ3v) is 5.50. The van der Waals surface area contributed by atoms with Gasteiger partial charge in [-0.1, -0.05) is 37.1 Å². The summed E-state index contributed by atoms with van der Waals surface area (Å²) < 4.78 is 10.5. The lowest BCUT2D eigenvalue weighted by molar-refractivity contribution is -0.139. The van der Waals surface area contributed by atoms with Crippen LogP contribution in [0.25, 0.3) is 0 Å². The van der Waals surface area contributed by atoms with E-state index in [1.807, 2.05) is 36.4 Å². The van der Waals surface area contributed by atoms with E-state index in [-0.39, 0.29) is 12.5 Å². The van der Waals surface area contributed by atoms with Gasteiger partial charge in [0.15, 0.2) is 6.61 Å². The summed E-state index contributed by atoms with van der Waals surface area (Å²) in [4.78, 5) is 23.7. The molecule has 2 aromatic carbocycles. The minimum absolute atomic E-state index is 0.0738. The fourth-order valence-electron chi connectivity index (χ4n) is 3.93. The lowest BCUT2D eigenvalue weighted by atomic mass is 9.78.